The molecule has 1 unspecified atom stereocenters. The van der Waals surface area contributed by atoms with Crippen LogP contribution >= 0.6 is 0 Å². The van der Waals surface area contributed by atoms with Crippen LogP contribution in [-0.4, -0.2) is 23.8 Å². The standard InChI is InChI=1S/C12H22N2O/c1-4-14-8-6-7-12(14)10-13-9-11(3)15-5-2/h6-8,11,13H,4-5,9-10H2,1-3H3. The number of aromatic nitrogens is 1. The molecule has 1 N–H and O–H groups in total. The van der Waals surface area contributed by atoms with Crippen molar-refractivity contribution in [3.8, 4) is 0 Å². The van der Waals surface area contributed by atoms with Gasteiger partial charge in [0.25, 0.3) is 0 Å². The Bertz CT molecular complexity index is 270. The summed E-state index contributed by atoms with van der Waals surface area (Å²) in [6, 6.07) is 4.24. The maximum atomic E-state index is 5.45. The summed E-state index contributed by atoms with van der Waals surface area (Å²) in [6.07, 6.45) is 2.41. The molecule has 0 aliphatic rings. The number of rotatable bonds is 7. The summed E-state index contributed by atoms with van der Waals surface area (Å²) in [4.78, 5) is 0. The average Bonchev–Trinajstić information content (AvgIpc) is 2.66. The lowest BCUT2D eigenvalue weighted by Crippen LogP contribution is -2.27. The number of aryl methyl sites for hydroxylation is 1. The predicted octanol–water partition coefficient (Wildman–Crippen LogP) is 2.02. The van der Waals surface area contributed by atoms with E-state index in [1.807, 2.05) is 6.92 Å². The van der Waals surface area contributed by atoms with Crippen molar-refractivity contribution in [3.63, 3.8) is 0 Å². The van der Waals surface area contributed by atoms with Crippen LogP contribution in [0.3, 0.4) is 0 Å². The summed E-state index contributed by atoms with van der Waals surface area (Å²) in [5.74, 6) is 0. The average molecular weight is 210 g/mol. The van der Waals surface area contributed by atoms with Gasteiger partial charge in [-0.25, -0.2) is 0 Å². The molecule has 0 aromatic carbocycles. The first-order valence-corrected chi connectivity index (χ1v) is 5.74. The largest absolute Gasteiger partial charge is 0.377 e. The van der Waals surface area contributed by atoms with Gasteiger partial charge in [0.05, 0.1) is 6.10 Å². The van der Waals surface area contributed by atoms with Gasteiger partial charge in [-0.1, -0.05) is 0 Å². The highest BCUT2D eigenvalue weighted by atomic mass is 16.5. The molecule has 15 heavy (non-hydrogen) atoms. The van der Waals surface area contributed by atoms with E-state index in [-0.39, 0.29) is 0 Å². The summed E-state index contributed by atoms with van der Waals surface area (Å²) >= 11 is 0. The van der Waals surface area contributed by atoms with Gasteiger partial charge in [0.15, 0.2) is 0 Å². The van der Waals surface area contributed by atoms with Crippen LogP contribution in [0.5, 0.6) is 0 Å². The molecule has 0 spiro atoms. The molecule has 86 valence electrons. The van der Waals surface area contributed by atoms with Crippen molar-refractivity contribution >= 4 is 0 Å². The second-order valence-corrected chi connectivity index (χ2v) is 3.68. The zero-order chi connectivity index (χ0) is 11.1. The van der Waals surface area contributed by atoms with Gasteiger partial charge in [-0.15, -0.1) is 0 Å². The molecule has 0 aliphatic heterocycles. The van der Waals surface area contributed by atoms with Crippen molar-refractivity contribution < 1.29 is 4.74 Å². The minimum absolute atomic E-state index is 0.292. The first-order valence-electron chi connectivity index (χ1n) is 5.74. The Morgan fingerprint density at radius 1 is 1.47 bits per heavy atom. The van der Waals surface area contributed by atoms with Crippen LogP contribution in [-0.2, 0) is 17.8 Å². The van der Waals surface area contributed by atoms with Gasteiger partial charge in [0, 0.05) is 38.1 Å². The lowest BCUT2D eigenvalue weighted by molar-refractivity contribution is 0.0758. The molecule has 0 bridgehead atoms. The third kappa shape index (κ3) is 4.06. The van der Waals surface area contributed by atoms with Crippen molar-refractivity contribution in [2.24, 2.45) is 0 Å². The first kappa shape index (κ1) is 12.3. The summed E-state index contributed by atoms with van der Waals surface area (Å²) < 4.78 is 7.70. The highest BCUT2D eigenvalue weighted by Gasteiger charge is 2.01. The van der Waals surface area contributed by atoms with E-state index in [9.17, 15) is 0 Å². The minimum atomic E-state index is 0.292. The fraction of sp³-hybridized carbons (Fsp3) is 0.667. The zero-order valence-corrected chi connectivity index (χ0v) is 9.99. The number of nitrogens with one attached hydrogen (secondary N) is 1. The van der Waals surface area contributed by atoms with Gasteiger partial charge < -0.3 is 14.6 Å². The highest BCUT2D eigenvalue weighted by Crippen LogP contribution is 2.01. The Hall–Kier alpha value is -0.800. The summed E-state index contributed by atoms with van der Waals surface area (Å²) in [5.41, 5.74) is 1.33. The molecule has 3 nitrogen and oxygen atoms in total. The molecule has 0 aliphatic carbocycles. The molecule has 1 aromatic rings. The minimum Gasteiger partial charge on any atom is -0.377 e. The molecule has 0 amide bonds. The number of hydrogen-bond donors (Lipinski definition) is 1. The summed E-state index contributed by atoms with van der Waals surface area (Å²) in [6.45, 7) is 9.92. The van der Waals surface area contributed by atoms with Gasteiger partial charge in [-0.05, 0) is 32.9 Å². The Labute approximate surface area is 92.4 Å². The molecule has 1 heterocycles. The molecule has 1 atom stereocenters. The Morgan fingerprint density at radius 2 is 2.27 bits per heavy atom. The Balaban J connectivity index is 2.25. The number of hydrogen-bond acceptors (Lipinski definition) is 2. The van der Waals surface area contributed by atoms with Crippen LogP contribution in [0, 0.1) is 0 Å². The molecule has 0 saturated carbocycles. The smallest absolute Gasteiger partial charge is 0.0671 e. The van der Waals surface area contributed by atoms with Crippen LogP contribution < -0.4 is 5.32 Å². The van der Waals surface area contributed by atoms with Crippen molar-refractivity contribution in [2.75, 3.05) is 13.2 Å². The van der Waals surface area contributed by atoms with Crippen LogP contribution in [0.25, 0.3) is 0 Å². The van der Waals surface area contributed by atoms with Gasteiger partial charge in [0.2, 0.25) is 0 Å². The molecule has 1 rings (SSSR count). The maximum absolute atomic E-state index is 5.45. The van der Waals surface area contributed by atoms with E-state index in [1.165, 1.54) is 5.69 Å². The Kier molecular flexibility index (Phi) is 5.43. The van der Waals surface area contributed by atoms with Gasteiger partial charge in [0.1, 0.15) is 0 Å². The quantitative estimate of drug-likeness (QED) is 0.745. The van der Waals surface area contributed by atoms with Crippen molar-refractivity contribution in [3.05, 3.63) is 24.0 Å². The molecule has 0 saturated heterocycles. The molecular weight excluding hydrogens is 188 g/mol. The zero-order valence-electron chi connectivity index (χ0n) is 9.99. The number of nitrogens with zero attached hydrogens (tertiary/aromatic N) is 1. The van der Waals surface area contributed by atoms with E-state index in [1.54, 1.807) is 0 Å². The predicted molar refractivity (Wildman–Crippen MR) is 62.9 cm³/mol. The van der Waals surface area contributed by atoms with Gasteiger partial charge >= 0.3 is 0 Å². The fourth-order valence-corrected chi connectivity index (χ4v) is 1.67. The lowest BCUT2D eigenvalue weighted by Gasteiger charge is -2.13. The third-order valence-corrected chi connectivity index (χ3v) is 2.45. The second kappa shape index (κ2) is 6.64. The third-order valence-electron chi connectivity index (χ3n) is 2.45. The Morgan fingerprint density at radius 3 is 2.93 bits per heavy atom. The SMILES string of the molecule is CCOC(C)CNCc1cccn1CC. The molecule has 0 fully saturated rings. The molecule has 3 heteroatoms. The highest BCUT2D eigenvalue weighted by molar-refractivity contribution is 5.06. The van der Waals surface area contributed by atoms with E-state index in [4.69, 9.17) is 4.74 Å². The second-order valence-electron chi connectivity index (χ2n) is 3.68. The van der Waals surface area contributed by atoms with Crippen LogP contribution in [0.15, 0.2) is 18.3 Å². The van der Waals surface area contributed by atoms with Crippen LogP contribution in [0.1, 0.15) is 26.5 Å². The molecule has 1 aromatic heterocycles. The fourth-order valence-electron chi connectivity index (χ4n) is 1.67. The van der Waals surface area contributed by atoms with Crippen molar-refractivity contribution in [2.45, 2.75) is 40.0 Å². The van der Waals surface area contributed by atoms with E-state index < -0.39 is 0 Å². The van der Waals surface area contributed by atoms with E-state index in [2.05, 4.69) is 42.1 Å². The van der Waals surface area contributed by atoms with Crippen LogP contribution in [0.4, 0.5) is 0 Å². The normalized spacial score (nSPS) is 13.0. The molecule has 0 radical (unpaired) electrons. The maximum Gasteiger partial charge on any atom is 0.0671 e. The van der Waals surface area contributed by atoms with E-state index >= 15 is 0 Å². The van der Waals surface area contributed by atoms with Crippen molar-refractivity contribution in [1.29, 1.82) is 0 Å². The first-order chi connectivity index (χ1) is 7.27. The van der Waals surface area contributed by atoms with Crippen molar-refractivity contribution in [1.82, 2.24) is 9.88 Å². The molecular formula is C12H22N2O. The number of ether oxygens (including phenoxy) is 1. The lowest BCUT2D eigenvalue weighted by atomic mass is 10.3. The van der Waals surface area contributed by atoms with E-state index in [0.717, 1.165) is 26.2 Å². The van der Waals surface area contributed by atoms with Gasteiger partial charge in [-0.2, -0.15) is 0 Å². The van der Waals surface area contributed by atoms with E-state index in [0.29, 0.717) is 6.10 Å². The summed E-state index contributed by atoms with van der Waals surface area (Å²) in [5, 5.41) is 3.40. The van der Waals surface area contributed by atoms with Crippen LogP contribution in [0.2, 0.25) is 0 Å². The van der Waals surface area contributed by atoms with Gasteiger partial charge in [-0.3, -0.25) is 0 Å². The topological polar surface area (TPSA) is 26.2 Å². The summed E-state index contributed by atoms with van der Waals surface area (Å²) in [7, 11) is 0. The monoisotopic (exact) mass is 210 g/mol.